The summed E-state index contributed by atoms with van der Waals surface area (Å²) in [5.74, 6) is 0.787. The lowest BCUT2D eigenvalue weighted by Crippen LogP contribution is -2.41. The number of carbonyl (C=O) groups excluding carboxylic acids is 1. The summed E-state index contributed by atoms with van der Waals surface area (Å²) in [4.78, 5) is 18.7. The number of piperidine rings is 1. The van der Waals surface area contributed by atoms with E-state index in [1.54, 1.807) is 18.3 Å². The molecule has 0 bridgehead atoms. The molecule has 3 heterocycles. The summed E-state index contributed by atoms with van der Waals surface area (Å²) in [6.45, 7) is 5.17. The van der Waals surface area contributed by atoms with Gasteiger partial charge in [0.1, 0.15) is 5.56 Å². The summed E-state index contributed by atoms with van der Waals surface area (Å²) in [5, 5.41) is 0. The largest absolute Gasteiger partial charge is 0.477 e. The molecule has 1 aromatic heterocycles. The zero-order chi connectivity index (χ0) is 15.4. The van der Waals surface area contributed by atoms with Gasteiger partial charge in [0.15, 0.2) is 6.29 Å². The van der Waals surface area contributed by atoms with Crippen LogP contribution in [0.2, 0.25) is 0 Å². The molecule has 0 atom stereocenters. The first-order chi connectivity index (χ1) is 10.8. The van der Waals surface area contributed by atoms with E-state index in [4.69, 9.17) is 14.2 Å². The van der Waals surface area contributed by atoms with E-state index in [-0.39, 0.29) is 12.2 Å². The molecule has 0 aliphatic carbocycles. The number of rotatable bonds is 4. The van der Waals surface area contributed by atoms with Gasteiger partial charge in [0.2, 0.25) is 5.88 Å². The standard InChI is InChI=1S/C16H22N2O4/c1-2-20-14-13(4-3-7-17-14)15(19)18-8-5-12(6-9-18)16-21-10-11-22-16/h3-4,7,12,16H,2,5-6,8-11H2,1H3. The van der Waals surface area contributed by atoms with E-state index < -0.39 is 0 Å². The number of hydrogen-bond donors (Lipinski definition) is 0. The van der Waals surface area contributed by atoms with Crippen molar-refractivity contribution in [3.8, 4) is 5.88 Å². The Morgan fingerprint density at radius 2 is 2.09 bits per heavy atom. The average molecular weight is 306 g/mol. The first kappa shape index (κ1) is 15.2. The Hall–Kier alpha value is -1.66. The van der Waals surface area contributed by atoms with Crippen molar-refractivity contribution < 1.29 is 19.0 Å². The number of nitrogens with zero attached hydrogens (tertiary/aromatic N) is 2. The summed E-state index contributed by atoms with van der Waals surface area (Å²) in [5.41, 5.74) is 0.538. The number of ether oxygens (including phenoxy) is 3. The Balaban J connectivity index is 1.62. The minimum Gasteiger partial charge on any atom is -0.477 e. The normalized spacial score (nSPS) is 20.3. The Morgan fingerprint density at radius 1 is 1.36 bits per heavy atom. The smallest absolute Gasteiger partial charge is 0.259 e. The van der Waals surface area contributed by atoms with Crippen molar-refractivity contribution >= 4 is 5.91 Å². The molecule has 120 valence electrons. The lowest BCUT2D eigenvalue weighted by Gasteiger charge is -2.34. The molecule has 2 aliphatic rings. The molecule has 0 saturated carbocycles. The number of likely N-dealkylation sites (tertiary alicyclic amines) is 1. The second kappa shape index (κ2) is 7.07. The van der Waals surface area contributed by atoms with Crippen LogP contribution in [0, 0.1) is 5.92 Å². The van der Waals surface area contributed by atoms with Crippen LogP contribution in [0.15, 0.2) is 18.3 Å². The van der Waals surface area contributed by atoms with Gasteiger partial charge in [0.25, 0.3) is 5.91 Å². The van der Waals surface area contributed by atoms with Crippen LogP contribution in [0.5, 0.6) is 5.88 Å². The van der Waals surface area contributed by atoms with Crippen LogP contribution in [-0.4, -0.2) is 55.0 Å². The lowest BCUT2D eigenvalue weighted by atomic mass is 9.95. The van der Waals surface area contributed by atoms with Gasteiger partial charge in [-0.05, 0) is 31.9 Å². The van der Waals surface area contributed by atoms with Gasteiger partial charge in [-0.15, -0.1) is 0 Å². The zero-order valence-corrected chi connectivity index (χ0v) is 12.9. The summed E-state index contributed by atoms with van der Waals surface area (Å²) >= 11 is 0. The molecular weight excluding hydrogens is 284 g/mol. The number of hydrogen-bond acceptors (Lipinski definition) is 5. The Kier molecular flexibility index (Phi) is 4.90. The first-order valence-electron chi connectivity index (χ1n) is 7.90. The topological polar surface area (TPSA) is 60.9 Å². The predicted molar refractivity (Wildman–Crippen MR) is 79.7 cm³/mol. The highest BCUT2D eigenvalue weighted by atomic mass is 16.7. The Labute approximate surface area is 130 Å². The van der Waals surface area contributed by atoms with Gasteiger partial charge >= 0.3 is 0 Å². The van der Waals surface area contributed by atoms with Crippen LogP contribution in [0.3, 0.4) is 0 Å². The molecule has 2 fully saturated rings. The minimum atomic E-state index is -0.0883. The van der Waals surface area contributed by atoms with Crippen LogP contribution in [0.4, 0.5) is 0 Å². The number of pyridine rings is 1. The van der Waals surface area contributed by atoms with Crippen molar-refractivity contribution in [1.82, 2.24) is 9.88 Å². The van der Waals surface area contributed by atoms with Crippen molar-refractivity contribution in [2.24, 2.45) is 5.92 Å². The maximum Gasteiger partial charge on any atom is 0.259 e. The van der Waals surface area contributed by atoms with E-state index >= 15 is 0 Å². The highest BCUT2D eigenvalue weighted by Crippen LogP contribution is 2.27. The molecule has 0 spiro atoms. The van der Waals surface area contributed by atoms with Crippen molar-refractivity contribution in [2.45, 2.75) is 26.1 Å². The van der Waals surface area contributed by atoms with E-state index in [0.29, 0.717) is 50.3 Å². The van der Waals surface area contributed by atoms with E-state index in [0.717, 1.165) is 12.8 Å². The average Bonchev–Trinajstić information content (AvgIpc) is 3.10. The number of amides is 1. The molecule has 3 rings (SSSR count). The second-order valence-electron chi connectivity index (χ2n) is 5.53. The molecule has 0 aromatic carbocycles. The van der Waals surface area contributed by atoms with E-state index in [1.165, 1.54) is 0 Å². The zero-order valence-electron chi connectivity index (χ0n) is 12.9. The van der Waals surface area contributed by atoms with Crippen molar-refractivity contribution in [3.63, 3.8) is 0 Å². The second-order valence-corrected chi connectivity index (χ2v) is 5.53. The van der Waals surface area contributed by atoms with Crippen LogP contribution in [0.1, 0.15) is 30.1 Å². The third-order valence-electron chi connectivity index (χ3n) is 4.14. The van der Waals surface area contributed by atoms with Gasteiger partial charge in [-0.1, -0.05) is 0 Å². The minimum absolute atomic E-state index is 0.0109. The molecular formula is C16H22N2O4. The fourth-order valence-corrected chi connectivity index (χ4v) is 3.00. The molecule has 0 unspecified atom stereocenters. The monoisotopic (exact) mass is 306 g/mol. The Morgan fingerprint density at radius 3 is 2.77 bits per heavy atom. The molecule has 0 radical (unpaired) electrons. The fraction of sp³-hybridized carbons (Fsp3) is 0.625. The van der Waals surface area contributed by atoms with Gasteiger partial charge in [-0.25, -0.2) is 4.98 Å². The summed E-state index contributed by atoms with van der Waals surface area (Å²) < 4.78 is 16.6. The van der Waals surface area contributed by atoms with Crippen molar-refractivity contribution in [1.29, 1.82) is 0 Å². The number of carbonyl (C=O) groups is 1. The lowest BCUT2D eigenvalue weighted by molar-refractivity contribution is -0.0956. The highest BCUT2D eigenvalue weighted by molar-refractivity contribution is 5.96. The molecule has 22 heavy (non-hydrogen) atoms. The summed E-state index contributed by atoms with van der Waals surface area (Å²) in [6, 6.07) is 3.54. The maximum atomic E-state index is 12.7. The van der Waals surface area contributed by atoms with E-state index in [2.05, 4.69) is 4.98 Å². The van der Waals surface area contributed by atoms with Crippen LogP contribution < -0.4 is 4.74 Å². The molecule has 6 nitrogen and oxygen atoms in total. The van der Waals surface area contributed by atoms with Gasteiger partial charge in [0, 0.05) is 25.2 Å². The molecule has 1 amide bonds. The fourth-order valence-electron chi connectivity index (χ4n) is 3.00. The van der Waals surface area contributed by atoms with E-state index in [9.17, 15) is 4.79 Å². The van der Waals surface area contributed by atoms with Gasteiger partial charge in [-0.3, -0.25) is 4.79 Å². The number of aromatic nitrogens is 1. The SMILES string of the molecule is CCOc1ncccc1C(=O)N1CCC(C2OCCO2)CC1. The van der Waals surface area contributed by atoms with Crippen LogP contribution in [0.25, 0.3) is 0 Å². The maximum absolute atomic E-state index is 12.7. The molecule has 0 N–H and O–H groups in total. The molecule has 2 aliphatic heterocycles. The highest BCUT2D eigenvalue weighted by Gasteiger charge is 2.32. The quantitative estimate of drug-likeness (QED) is 0.847. The molecule has 1 aromatic rings. The van der Waals surface area contributed by atoms with Crippen molar-refractivity contribution in [3.05, 3.63) is 23.9 Å². The summed E-state index contributed by atoms with van der Waals surface area (Å²) in [7, 11) is 0. The predicted octanol–water partition coefficient (Wildman–Crippen LogP) is 1.71. The third-order valence-corrected chi connectivity index (χ3v) is 4.14. The molecule has 2 saturated heterocycles. The molecule has 6 heteroatoms. The van der Waals surface area contributed by atoms with E-state index in [1.807, 2.05) is 11.8 Å². The van der Waals surface area contributed by atoms with Gasteiger partial charge in [0.05, 0.1) is 19.8 Å². The van der Waals surface area contributed by atoms with Crippen LogP contribution in [-0.2, 0) is 9.47 Å². The van der Waals surface area contributed by atoms with Gasteiger partial charge in [-0.2, -0.15) is 0 Å². The Bertz CT molecular complexity index is 509. The third kappa shape index (κ3) is 3.23. The first-order valence-corrected chi connectivity index (χ1v) is 7.90. The van der Waals surface area contributed by atoms with Crippen LogP contribution >= 0.6 is 0 Å². The van der Waals surface area contributed by atoms with Gasteiger partial charge < -0.3 is 19.1 Å². The summed E-state index contributed by atoms with van der Waals surface area (Å²) in [6.07, 6.45) is 3.36. The van der Waals surface area contributed by atoms with Crippen molar-refractivity contribution in [2.75, 3.05) is 32.9 Å².